The van der Waals surface area contributed by atoms with Crippen LogP contribution in [0.15, 0.2) is 60.7 Å². The van der Waals surface area contributed by atoms with Crippen molar-refractivity contribution >= 4 is 11.9 Å². The molecule has 0 aliphatic rings. The van der Waals surface area contributed by atoms with E-state index < -0.39 is 17.5 Å². The van der Waals surface area contributed by atoms with Crippen LogP contribution in [0, 0.1) is 13.8 Å². The number of aryl methyl sites for hydroxylation is 2. The average molecular weight is 529 g/mol. The van der Waals surface area contributed by atoms with Crippen LogP contribution < -0.4 is 4.74 Å². The number of carbonyl (C=O) groups excluding carboxylic acids is 2. The monoisotopic (exact) mass is 528 g/mol. The maximum absolute atomic E-state index is 12.9. The smallest absolute Gasteiger partial charge is 0.343 e. The highest BCUT2D eigenvalue weighted by atomic mass is 16.6. The quantitative estimate of drug-likeness (QED) is 0.206. The van der Waals surface area contributed by atoms with Gasteiger partial charge in [0.05, 0.1) is 11.1 Å². The fourth-order valence-electron chi connectivity index (χ4n) is 4.60. The zero-order chi connectivity index (χ0) is 29.2. The van der Waals surface area contributed by atoms with E-state index in [0.29, 0.717) is 23.3 Å². The number of rotatable bonds is 9. The summed E-state index contributed by atoms with van der Waals surface area (Å²) in [6.07, 6.45) is 1.80. The summed E-state index contributed by atoms with van der Waals surface area (Å²) in [6.45, 7) is 21.1. The standard InChI is InChI=1S/C35H44O4/c1-11-33(5,6)29-19-17-27(21-23(29)3)35(9,10)28-18-20-30(24(4)22-28)38-31(36)25-13-15-26(16-14-25)32(37)39-34(7,8)12-2/h13-22H,11-12H2,1-10H3. The maximum Gasteiger partial charge on any atom is 0.343 e. The van der Waals surface area contributed by atoms with Gasteiger partial charge in [-0.3, -0.25) is 0 Å². The first-order valence-electron chi connectivity index (χ1n) is 13.9. The second-order valence-corrected chi connectivity index (χ2v) is 12.3. The van der Waals surface area contributed by atoms with Crippen molar-refractivity contribution < 1.29 is 19.1 Å². The summed E-state index contributed by atoms with van der Waals surface area (Å²) in [7, 11) is 0. The lowest BCUT2D eigenvalue weighted by molar-refractivity contribution is -0.00246. The molecule has 0 fully saturated rings. The maximum atomic E-state index is 12.9. The Morgan fingerprint density at radius 1 is 0.667 bits per heavy atom. The molecule has 0 atom stereocenters. The SMILES string of the molecule is CCC(C)(C)OC(=O)c1ccc(C(=O)Oc2ccc(C(C)(C)c3ccc(C(C)(C)CC)c(C)c3)cc2C)cc1. The van der Waals surface area contributed by atoms with Gasteiger partial charge in [-0.15, -0.1) is 0 Å². The van der Waals surface area contributed by atoms with Crippen molar-refractivity contribution in [1.82, 2.24) is 0 Å². The number of ether oxygens (including phenoxy) is 2. The predicted molar refractivity (Wildman–Crippen MR) is 159 cm³/mol. The summed E-state index contributed by atoms with van der Waals surface area (Å²) in [5, 5.41) is 0. The third-order valence-corrected chi connectivity index (χ3v) is 8.24. The van der Waals surface area contributed by atoms with Gasteiger partial charge in [0.2, 0.25) is 0 Å². The molecular formula is C35H44O4. The topological polar surface area (TPSA) is 52.6 Å². The molecule has 0 unspecified atom stereocenters. The molecular weight excluding hydrogens is 484 g/mol. The van der Waals surface area contributed by atoms with Gasteiger partial charge in [0, 0.05) is 5.41 Å². The molecule has 4 nitrogen and oxygen atoms in total. The fourth-order valence-corrected chi connectivity index (χ4v) is 4.60. The van der Waals surface area contributed by atoms with Crippen LogP contribution in [0.5, 0.6) is 5.75 Å². The first-order chi connectivity index (χ1) is 18.1. The van der Waals surface area contributed by atoms with Crippen molar-refractivity contribution in [3.8, 4) is 5.75 Å². The van der Waals surface area contributed by atoms with E-state index >= 15 is 0 Å². The molecule has 3 aromatic carbocycles. The van der Waals surface area contributed by atoms with Crippen molar-refractivity contribution in [3.63, 3.8) is 0 Å². The first kappa shape index (κ1) is 30.1. The summed E-state index contributed by atoms with van der Waals surface area (Å²) < 4.78 is 11.3. The van der Waals surface area contributed by atoms with E-state index in [1.54, 1.807) is 24.3 Å². The minimum atomic E-state index is -0.540. The lowest BCUT2D eigenvalue weighted by Crippen LogP contribution is -2.27. The Kier molecular flexibility index (Phi) is 8.79. The van der Waals surface area contributed by atoms with Gasteiger partial charge in [0.1, 0.15) is 11.4 Å². The Hall–Kier alpha value is -3.40. The number of benzene rings is 3. The molecule has 208 valence electrons. The van der Waals surface area contributed by atoms with Crippen molar-refractivity contribution in [2.75, 3.05) is 0 Å². The van der Waals surface area contributed by atoms with Crippen LogP contribution >= 0.6 is 0 Å². The Morgan fingerprint density at radius 3 is 1.67 bits per heavy atom. The lowest BCUT2D eigenvalue weighted by atomic mass is 9.74. The molecule has 0 saturated carbocycles. The average Bonchev–Trinajstić information content (AvgIpc) is 2.89. The Labute approximate surface area is 234 Å². The third-order valence-electron chi connectivity index (χ3n) is 8.24. The van der Waals surface area contributed by atoms with Crippen LogP contribution in [-0.2, 0) is 15.6 Å². The fraction of sp³-hybridized carbons (Fsp3) is 0.429. The summed E-state index contributed by atoms with van der Waals surface area (Å²) in [6, 6.07) is 19.2. The lowest BCUT2D eigenvalue weighted by Gasteiger charge is -2.30. The van der Waals surface area contributed by atoms with E-state index in [1.165, 1.54) is 16.7 Å². The Morgan fingerprint density at radius 2 is 1.18 bits per heavy atom. The van der Waals surface area contributed by atoms with Crippen LogP contribution in [0.2, 0.25) is 0 Å². The second kappa shape index (κ2) is 11.4. The van der Waals surface area contributed by atoms with Crippen LogP contribution in [0.4, 0.5) is 0 Å². The van der Waals surface area contributed by atoms with Crippen molar-refractivity contribution in [2.45, 2.75) is 98.5 Å². The molecule has 0 bridgehead atoms. The van der Waals surface area contributed by atoms with E-state index in [-0.39, 0.29) is 10.8 Å². The Balaban J connectivity index is 1.76. The van der Waals surface area contributed by atoms with Gasteiger partial charge in [-0.05, 0) is 104 Å². The highest BCUT2D eigenvalue weighted by molar-refractivity contribution is 5.94. The minimum Gasteiger partial charge on any atom is -0.456 e. The van der Waals surface area contributed by atoms with Crippen molar-refractivity contribution in [2.24, 2.45) is 0 Å². The highest BCUT2D eigenvalue weighted by Gasteiger charge is 2.27. The van der Waals surface area contributed by atoms with Gasteiger partial charge in [-0.1, -0.05) is 71.9 Å². The largest absolute Gasteiger partial charge is 0.456 e. The third kappa shape index (κ3) is 6.79. The van der Waals surface area contributed by atoms with E-state index in [1.807, 2.05) is 39.8 Å². The molecule has 0 amide bonds. The zero-order valence-electron chi connectivity index (χ0n) is 25.3. The van der Waals surface area contributed by atoms with Crippen LogP contribution in [0.1, 0.15) is 117 Å². The van der Waals surface area contributed by atoms with Gasteiger partial charge in [-0.25, -0.2) is 9.59 Å². The zero-order valence-corrected chi connectivity index (χ0v) is 25.3. The molecule has 0 radical (unpaired) electrons. The van der Waals surface area contributed by atoms with Crippen LogP contribution in [0.25, 0.3) is 0 Å². The molecule has 4 heteroatoms. The number of hydrogen-bond donors (Lipinski definition) is 0. The second-order valence-electron chi connectivity index (χ2n) is 12.3. The summed E-state index contributed by atoms with van der Waals surface area (Å²) in [5.41, 5.74) is 6.14. The molecule has 0 aromatic heterocycles. The Bertz CT molecular complexity index is 1340. The molecule has 0 saturated heterocycles. The molecule has 0 aliphatic carbocycles. The van der Waals surface area contributed by atoms with Gasteiger partial charge < -0.3 is 9.47 Å². The molecule has 0 spiro atoms. The van der Waals surface area contributed by atoms with Gasteiger partial charge in [0.25, 0.3) is 0 Å². The molecule has 0 N–H and O–H groups in total. The molecule has 0 heterocycles. The normalized spacial score (nSPS) is 12.3. The number of esters is 2. The van der Waals surface area contributed by atoms with E-state index in [4.69, 9.17) is 9.47 Å². The molecule has 3 rings (SSSR count). The highest BCUT2D eigenvalue weighted by Crippen LogP contribution is 2.37. The van der Waals surface area contributed by atoms with Crippen LogP contribution in [0.3, 0.4) is 0 Å². The van der Waals surface area contributed by atoms with E-state index in [9.17, 15) is 9.59 Å². The molecule has 39 heavy (non-hydrogen) atoms. The minimum absolute atomic E-state index is 0.143. The van der Waals surface area contributed by atoms with E-state index in [0.717, 1.165) is 17.5 Å². The predicted octanol–water partition coefficient (Wildman–Crippen LogP) is 8.88. The van der Waals surface area contributed by atoms with Crippen LogP contribution in [-0.4, -0.2) is 17.5 Å². The number of carbonyl (C=O) groups is 2. The number of hydrogen-bond acceptors (Lipinski definition) is 4. The van der Waals surface area contributed by atoms with Gasteiger partial charge in [0.15, 0.2) is 0 Å². The summed E-state index contributed by atoms with van der Waals surface area (Å²) >= 11 is 0. The summed E-state index contributed by atoms with van der Waals surface area (Å²) in [5.74, 6) is -0.359. The van der Waals surface area contributed by atoms with E-state index in [2.05, 4.69) is 65.8 Å². The van der Waals surface area contributed by atoms with Gasteiger partial charge in [-0.2, -0.15) is 0 Å². The van der Waals surface area contributed by atoms with Crippen molar-refractivity contribution in [3.05, 3.63) is 99.6 Å². The molecule has 0 aliphatic heterocycles. The first-order valence-corrected chi connectivity index (χ1v) is 13.9. The van der Waals surface area contributed by atoms with Gasteiger partial charge >= 0.3 is 11.9 Å². The van der Waals surface area contributed by atoms with Crippen molar-refractivity contribution in [1.29, 1.82) is 0 Å². The summed E-state index contributed by atoms with van der Waals surface area (Å²) in [4.78, 5) is 25.3. The molecule has 3 aromatic rings.